The maximum atomic E-state index is 5.93. The number of rotatable bonds is 8. The van der Waals surface area contributed by atoms with Gasteiger partial charge in [-0.05, 0) is 43.4 Å². The number of hydrogen-bond acceptors (Lipinski definition) is 2. The lowest BCUT2D eigenvalue weighted by Crippen LogP contribution is -2.29. The van der Waals surface area contributed by atoms with Crippen LogP contribution in [0.5, 0.6) is 0 Å². The van der Waals surface area contributed by atoms with E-state index >= 15 is 0 Å². The summed E-state index contributed by atoms with van der Waals surface area (Å²) in [5.74, 6) is 2.50. The molecule has 2 heteroatoms. The number of ether oxygens (including phenoxy) is 1. The van der Waals surface area contributed by atoms with Crippen molar-refractivity contribution in [1.82, 2.24) is 4.90 Å². The molecule has 2 nitrogen and oxygen atoms in total. The van der Waals surface area contributed by atoms with Crippen LogP contribution in [0.2, 0.25) is 0 Å². The summed E-state index contributed by atoms with van der Waals surface area (Å²) in [5.41, 5.74) is 0. The molecular formula is C15H27NO. The lowest BCUT2D eigenvalue weighted by molar-refractivity contribution is 0.00668. The molecule has 0 aliphatic heterocycles. The largest absolute Gasteiger partial charge is 0.366 e. The predicted octanol–water partition coefficient (Wildman–Crippen LogP) is 3.29. The van der Waals surface area contributed by atoms with Crippen LogP contribution in [0.15, 0.2) is 12.2 Å². The Balaban J connectivity index is 1.63. The average Bonchev–Trinajstić information content (AvgIpc) is 2.91. The third-order valence-corrected chi connectivity index (χ3v) is 4.10. The van der Waals surface area contributed by atoms with E-state index in [-0.39, 0.29) is 0 Å². The van der Waals surface area contributed by atoms with Crippen LogP contribution in [-0.4, -0.2) is 31.3 Å². The number of allylic oxidation sites excluding steroid dienone is 2. The molecule has 0 heterocycles. The van der Waals surface area contributed by atoms with Crippen LogP contribution >= 0.6 is 0 Å². The Bertz CT molecular complexity index is 245. The van der Waals surface area contributed by atoms with Crippen LogP contribution < -0.4 is 0 Å². The van der Waals surface area contributed by atoms with Gasteiger partial charge in [-0.3, -0.25) is 4.90 Å². The first kappa shape index (κ1) is 13.1. The van der Waals surface area contributed by atoms with Gasteiger partial charge in [-0.15, -0.1) is 0 Å². The van der Waals surface area contributed by atoms with Crippen molar-refractivity contribution < 1.29 is 4.74 Å². The van der Waals surface area contributed by atoms with Gasteiger partial charge < -0.3 is 4.74 Å². The maximum absolute atomic E-state index is 5.93. The third kappa shape index (κ3) is 3.56. The second-order valence-electron chi connectivity index (χ2n) is 5.66. The van der Waals surface area contributed by atoms with E-state index in [1.54, 1.807) is 0 Å². The molecule has 98 valence electrons. The highest BCUT2D eigenvalue weighted by Crippen LogP contribution is 2.43. The summed E-state index contributed by atoms with van der Waals surface area (Å²) in [5, 5.41) is 0. The van der Waals surface area contributed by atoms with Crippen LogP contribution in [0.1, 0.15) is 39.5 Å². The van der Waals surface area contributed by atoms with E-state index in [0.717, 1.165) is 31.1 Å². The van der Waals surface area contributed by atoms with Crippen molar-refractivity contribution in [1.29, 1.82) is 0 Å². The summed E-state index contributed by atoms with van der Waals surface area (Å²) in [6.45, 7) is 8.62. The van der Waals surface area contributed by atoms with Crippen molar-refractivity contribution in [3.8, 4) is 0 Å². The standard InChI is InChI=1S/C15H27NO/c1-3-7-16(8-4-2)12-17-11-15-10-13-5-6-14(15)9-13/h5-6,13-15H,3-4,7-12H2,1-2H3/t13-,14+,15+/m1/s1. The molecule has 1 saturated carbocycles. The van der Waals surface area contributed by atoms with Gasteiger partial charge in [-0.2, -0.15) is 0 Å². The number of hydrogen-bond donors (Lipinski definition) is 0. The molecule has 0 unspecified atom stereocenters. The molecule has 0 N–H and O–H groups in total. The van der Waals surface area contributed by atoms with Crippen molar-refractivity contribution in [2.24, 2.45) is 17.8 Å². The molecule has 17 heavy (non-hydrogen) atoms. The molecular weight excluding hydrogens is 210 g/mol. The Hall–Kier alpha value is -0.340. The molecule has 0 spiro atoms. The summed E-state index contributed by atoms with van der Waals surface area (Å²) in [4.78, 5) is 2.43. The minimum absolute atomic E-state index is 0.801. The van der Waals surface area contributed by atoms with Gasteiger partial charge in [0.2, 0.25) is 0 Å². The highest BCUT2D eigenvalue weighted by molar-refractivity contribution is 5.09. The smallest absolute Gasteiger partial charge is 0.0990 e. The predicted molar refractivity (Wildman–Crippen MR) is 71.8 cm³/mol. The van der Waals surface area contributed by atoms with E-state index < -0.39 is 0 Å². The molecule has 3 atom stereocenters. The van der Waals surface area contributed by atoms with Gasteiger partial charge in [0, 0.05) is 13.1 Å². The Morgan fingerprint density at radius 1 is 1.12 bits per heavy atom. The topological polar surface area (TPSA) is 12.5 Å². The molecule has 0 saturated heterocycles. The first-order valence-electron chi connectivity index (χ1n) is 7.31. The molecule has 1 fully saturated rings. The summed E-state index contributed by atoms with van der Waals surface area (Å²) < 4.78 is 5.93. The van der Waals surface area contributed by atoms with Crippen molar-refractivity contribution in [3.05, 3.63) is 12.2 Å². The molecule has 2 rings (SSSR count). The number of fused-ring (bicyclic) bond motifs is 2. The highest BCUT2D eigenvalue weighted by Gasteiger charge is 2.35. The van der Waals surface area contributed by atoms with Crippen LogP contribution in [-0.2, 0) is 4.74 Å². The van der Waals surface area contributed by atoms with Gasteiger partial charge in [0.05, 0.1) is 13.3 Å². The molecule has 2 bridgehead atoms. The van der Waals surface area contributed by atoms with Gasteiger partial charge in [-0.1, -0.05) is 26.0 Å². The van der Waals surface area contributed by atoms with Crippen LogP contribution in [0.4, 0.5) is 0 Å². The van der Waals surface area contributed by atoms with Gasteiger partial charge in [0.25, 0.3) is 0 Å². The quantitative estimate of drug-likeness (QED) is 0.474. The normalized spacial score (nSPS) is 30.6. The van der Waals surface area contributed by atoms with Crippen molar-refractivity contribution >= 4 is 0 Å². The van der Waals surface area contributed by atoms with Gasteiger partial charge in [0.1, 0.15) is 0 Å². The molecule has 2 aliphatic carbocycles. The monoisotopic (exact) mass is 237 g/mol. The lowest BCUT2D eigenvalue weighted by Gasteiger charge is -2.23. The second kappa shape index (κ2) is 6.55. The fourth-order valence-electron chi connectivity index (χ4n) is 3.29. The van der Waals surface area contributed by atoms with E-state index in [2.05, 4.69) is 30.9 Å². The van der Waals surface area contributed by atoms with E-state index in [1.807, 2.05) is 0 Å². The molecule has 2 aliphatic rings. The Labute approximate surface area is 106 Å². The zero-order chi connectivity index (χ0) is 12.1. The summed E-state index contributed by atoms with van der Waals surface area (Å²) in [6.07, 6.45) is 10.0. The molecule has 0 aromatic heterocycles. The summed E-state index contributed by atoms with van der Waals surface area (Å²) >= 11 is 0. The summed E-state index contributed by atoms with van der Waals surface area (Å²) in [6, 6.07) is 0. The lowest BCUT2D eigenvalue weighted by atomic mass is 9.95. The molecule has 0 aromatic carbocycles. The van der Waals surface area contributed by atoms with Crippen molar-refractivity contribution in [2.45, 2.75) is 39.5 Å². The Morgan fingerprint density at radius 2 is 1.88 bits per heavy atom. The van der Waals surface area contributed by atoms with Crippen molar-refractivity contribution in [2.75, 3.05) is 26.4 Å². The van der Waals surface area contributed by atoms with E-state index in [0.29, 0.717) is 0 Å². The number of nitrogens with zero attached hydrogens (tertiary/aromatic N) is 1. The molecule has 0 radical (unpaired) electrons. The van der Waals surface area contributed by atoms with Crippen LogP contribution in [0.3, 0.4) is 0 Å². The van der Waals surface area contributed by atoms with Gasteiger partial charge >= 0.3 is 0 Å². The fourth-order valence-corrected chi connectivity index (χ4v) is 3.29. The van der Waals surface area contributed by atoms with Gasteiger partial charge in [0.15, 0.2) is 0 Å². The van der Waals surface area contributed by atoms with Crippen molar-refractivity contribution in [3.63, 3.8) is 0 Å². The fraction of sp³-hybridized carbons (Fsp3) is 0.867. The summed E-state index contributed by atoms with van der Waals surface area (Å²) in [7, 11) is 0. The Kier molecular flexibility index (Phi) is 5.05. The Morgan fingerprint density at radius 3 is 2.41 bits per heavy atom. The average molecular weight is 237 g/mol. The van der Waals surface area contributed by atoms with Crippen LogP contribution in [0.25, 0.3) is 0 Å². The van der Waals surface area contributed by atoms with E-state index in [9.17, 15) is 0 Å². The molecule has 0 amide bonds. The first-order valence-corrected chi connectivity index (χ1v) is 7.31. The minimum atomic E-state index is 0.801. The second-order valence-corrected chi connectivity index (χ2v) is 5.66. The first-order chi connectivity index (χ1) is 8.33. The van der Waals surface area contributed by atoms with Crippen LogP contribution in [0, 0.1) is 17.8 Å². The SMILES string of the molecule is CCCN(CCC)COC[C@@H]1C[C@@H]2C=C[C@H]1C2. The maximum Gasteiger partial charge on any atom is 0.0990 e. The highest BCUT2D eigenvalue weighted by atomic mass is 16.5. The third-order valence-electron chi connectivity index (χ3n) is 4.10. The zero-order valence-electron chi connectivity index (χ0n) is 11.4. The van der Waals surface area contributed by atoms with Gasteiger partial charge in [-0.25, -0.2) is 0 Å². The van der Waals surface area contributed by atoms with E-state index in [4.69, 9.17) is 4.74 Å². The zero-order valence-corrected chi connectivity index (χ0v) is 11.4. The molecule has 0 aromatic rings. The minimum Gasteiger partial charge on any atom is -0.366 e. The van der Waals surface area contributed by atoms with E-state index in [1.165, 1.54) is 38.8 Å².